The molecule has 2 N–H and O–H groups in total. The third-order valence-corrected chi connectivity index (χ3v) is 2.79. The van der Waals surface area contributed by atoms with Gasteiger partial charge in [0.25, 0.3) is 0 Å². The number of hydrogen-bond acceptors (Lipinski definition) is 2. The lowest BCUT2D eigenvalue weighted by Crippen LogP contribution is -2.24. The molecular formula is C16H26N2O. The van der Waals surface area contributed by atoms with E-state index in [1.54, 1.807) is 0 Å². The smallest absolute Gasteiger partial charge is 0.220 e. The summed E-state index contributed by atoms with van der Waals surface area (Å²) < 4.78 is 0. The van der Waals surface area contributed by atoms with Gasteiger partial charge in [-0.3, -0.25) is 4.79 Å². The summed E-state index contributed by atoms with van der Waals surface area (Å²) in [5, 5.41) is 6.36. The van der Waals surface area contributed by atoms with Gasteiger partial charge in [-0.1, -0.05) is 52.0 Å². The van der Waals surface area contributed by atoms with Crippen molar-refractivity contribution < 1.29 is 4.79 Å². The zero-order valence-corrected chi connectivity index (χ0v) is 12.5. The monoisotopic (exact) mass is 262 g/mol. The molecular weight excluding hydrogens is 236 g/mol. The topological polar surface area (TPSA) is 41.1 Å². The third kappa shape index (κ3) is 6.97. The SMILES string of the molecule is CC(C)CC(=O)NCc1cccc(CNC(C)C)c1. The van der Waals surface area contributed by atoms with Gasteiger partial charge in [0.15, 0.2) is 0 Å². The van der Waals surface area contributed by atoms with Crippen LogP contribution >= 0.6 is 0 Å². The van der Waals surface area contributed by atoms with Gasteiger partial charge in [-0.15, -0.1) is 0 Å². The number of amides is 1. The molecule has 0 aromatic heterocycles. The van der Waals surface area contributed by atoms with Gasteiger partial charge in [0, 0.05) is 25.6 Å². The second-order valence-electron chi connectivity index (χ2n) is 5.73. The Morgan fingerprint density at radius 2 is 1.74 bits per heavy atom. The van der Waals surface area contributed by atoms with E-state index in [1.807, 2.05) is 6.07 Å². The van der Waals surface area contributed by atoms with E-state index >= 15 is 0 Å². The fourth-order valence-corrected chi connectivity index (χ4v) is 1.82. The van der Waals surface area contributed by atoms with Crippen LogP contribution < -0.4 is 10.6 Å². The Hall–Kier alpha value is -1.35. The molecule has 106 valence electrons. The number of carbonyl (C=O) groups is 1. The highest BCUT2D eigenvalue weighted by Gasteiger charge is 2.04. The van der Waals surface area contributed by atoms with Gasteiger partial charge in [0.1, 0.15) is 0 Å². The van der Waals surface area contributed by atoms with Crippen molar-refractivity contribution in [1.82, 2.24) is 10.6 Å². The molecule has 1 aromatic rings. The van der Waals surface area contributed by atoms with E-state index in [1.165, 1.54) is 5.56 Å². The molecule has 19 heavy (non-hydrogen) atoms. The number of carbonyl (C=O) groups excluding carboxylic acids is 1. The molecule has 0 aliphatic rings. The van der Waals surface area contributed by atoms with E-state index in [0.29, 0.717) is 24.9 Å². The van der Waals surface area contributed by atoms with Crippen LogP contribution in [0.25, 0.3) is 0 Å². The van der Waals surface area contributed by atoms with Gasteiger partial charge in [0.05, 0.1) is 0 Å². The molecule has 0 atom stereocenters. The Labute approximate surface area is 116 Å². The summed E-state index contributed by atoms with van der Waals surface area (Å²) in [6.07, 6.45) is 0.592. The van der Waals surface area contributed by atoms with Crippen LogP contribution in [0.1, 0.15) is 45.2 Å². The van der Waals surface area contributed by atoms with Crippen molar-refractivity contribution in [1.29, 1.82) is 0 Å². The molecule has 1 aromatic carbocycles. The predicted molar refractivity (Wildman–Crippen MR) is 79.7 cm³/mol. The van der Waals surface area contributed by atoms with Crippen LogP contribution in [0.4, 0.5) is 0 Å². The normalized spacial score (nSPS) is 11.1. The van der Waals surface area contributed by atoms with E-state index in [9.17, 15) is 4.79 Å². The molecule has 1 amide bonds. The lowest BCUT2D eigenvalue weighted by atomic mass is 10.1. The van der Waals surface area contributed by atoms with Crippen LogP contribution in [0.5, 0.6) is 0 Å². The minimum Gasteiger partial charge on any atom is -0.352 e. The molecule has 0 aliphatic carbocycles. The molecule has 0 heterocycles. The Morgan fingerprint density at radius 1 is 1.11 bits per heavy atom. The first kappa shape index (κ1) is 15.7. The summed E-state index contributed by atoms with van der Waals surface area (Å²) >= 11 is 0. The minimum atomic E-state index is 0.126. The zero-order valence-electron chi connectivity index (χ0n) is 12.5. The first-order valence-corrected chi connectivity index (χ1v) is 7.05. The highest BCUT2D eigenvalue weighted by atomic mass is 16.1. The van der Waals surface area contributed by atoms with E-state index in [-0.39, 0.29) is 5.91 Å². The lowest BCUT2D eigenvalue weighted by molar-refractivity contribution is -0.121. The fourth-order valence-electron chi connectivity index (χ4n) is 1.82. The van der Waals surface area contributed by atoms with Crippen LogP contribution in [-0.2, 0) is 17.9 Å². The van der Waals surface area contributed by atoms with Gasteiger partial charge < -0.3 is 10.6 Å². The average molecular weight is 262 g/mol. The van der Waals surface area contributed by atoms with Crippen molar-refractivity contribution in [2.24, 2.45) is 5.92 Å². The second kappa shape index (κ2) is 7.95. The van der Waals surface area contributed by atoms with Crippen LogP contribution in [-0.4, -0.2) is 11.9 Å². The summed E-state index contributed by atoms with van der Waals surface area (Å²) in [7, 11) is 0. The zero-order chi connectivity index (χ0) is 14.3. The van der Waals surface area contributed by atoms with Gasteiger partial charge >= 0.3 is 0 Å². The number of hydrogen-bond donors (Lipinski definition) is 2. The Balaban J connectivity index is 2.45. The largest absolute Gasteiger partial charge is 0.352 e. The highest BCUT2D eigenvalue weighted by molar-refractivity contribution is 5.76. The second-order valence-corrected chi connectivity index (χ2v) is 5.73. The average Bonchev–Trinajstić information content (AvgIpc) is 2.34. The highest BCUT2D eigenvalue weighted by Crippen LogP contribution is 2.06. The molecule has 0 saturated heterocycles. The van der Waals surface area contributed by atoms with E-state index in [4.69, 9.17) is 0 Å². The first-order valence-electron chi connectivity index (χ1n) is 7.05. The molecule has 3 heteroatoms. The van der Waals surface area contributed by atoms with Crippen molar-refractivity contribution in [2.75, 3.05) is 0 Å². The summed E-state index contributed by atoms with van der Waals surface area (Å²) in [6.45, 7) is 9.86. The molecule has 0 fully saturated rings. The molecule has 0 unspecified atom stereocenters. The number of rotatable bonds is 7. The van der Waals surface area contributed by atoms with Crippen molar-refractivity contribution in [2.45, 2.75) is 53.2 Å². The van der Waals surface area contributed by atoms with Gasteiger partial charge in [-0.05, 0) is 17.0 Å². The van der Waals surface area contributed by atoms with E-state index in [0.717, 1.165) is 12.1 Å². The molecule has 0 aliphatic heterocycles. The van der Waals surface area contributed by atoms with Gasteiger partial charge in [-0.2, -0.15) is 0 Å². The standard InChI is InChI=1S/C16H26N2O/c1-12(2)8-16(19)18-11-15-7-5-6-14(9-15)10-17-13(3)4/h5-7,9,12-13,17H,8,10-11H2,1-4H3,(H,18,19). The summed E-state index contributed by atoms with van der Waals surface area (Å²) in [4.78, 5) is 11.6. The maximum atomic E-state index is 11.6. The van der Waals surface area contributed by atoms with Crippen LogP contribution in [0.15, 0.2) is 24.3 Å². The van der Waals surface area contributed by atoms with Crippen molar-refractivity contribution in [3.63, 3.8) is 0 Å². The summed E-state index contributed by atoms with van der Waals surface area (Å²) in [5.41, 5.74) is 2.41. The van der Waals surface area contributed by atoms with Crippen LogP contribution in [0.2, 0.25) is 0 Å². The summed E-state index contributed by atoms with van der Waals surface area (Å²) in [6, 6.07) is 8.82. The van der Waals surface area contributed by atoms with Crippen LogP contribution in [0.3, 0.4) is 0 Å². The molecule has 0 bridgehead atoms. The Bertz CT molecular complexity index is 399. The lowest BCUT2D eigenvalue weighted by Gasteiger charge is -2.10. The van der Waals surface area contributed by atoms with E-state index < -0.39 is 0 Å². The van der Waals surface area contributed by atoms with Crippen molar-refractivity contribution in [3.8, 4) is 0 Å². The minimum absolute atomic E-state index is 0.126. The fraction of sp³-hybridized carbons (Fsp3) is 0.562. The molecule has 0 spiro atoms. The number of benzene rings is 1. The van der Waals surface area contributed by atoms with E-state index in [2.05, 4.69) is 56.5 Å². The predicted octanol–water partition coefficient (Wildman–Crippen LogP) is 2.85. The quantitative estimate of drug-likeness (QED) is 0.793. The molecule has 3 nitrogen and oxygen atoms in total. The maximum Gasteiger partial charge on any atom is 0.220 e. The summed E-state index contributed by atoms with van der Waals surface area (Å²) in [5.74, 6) is 0.530. The van der Waals surface area contributed by atoms with Gasteiger partial charge in [-0.25, -0.2) is 0 Å². The molecule has 0 saturated carbocycles. The Morgan fingerprint density at radius 3 is 2.32 bits per heavy atom. The Kier molecular flexibility index (Phi) is 6.57. The van der Waals surface area contributed by atoms with Crippen molar-refractivity contribution in [3.05, 3.63) is 35.4 Å². The molecule has 1 rings (SSSR count). The number of nitrogens with one attached hydrogen (secondary N) is 2. The van der Waals surface area contributed by atoms with Crippen LogP contribution in [0, 0.1) is 5.92 Å². The first-order chi connectivity index (χ1) is 8.97. The van der Waals surface area contributed by atoms with Gasteiger partial charge in [0.2, 0.25) is 5.91 Å². The van der Waals surface area contributed by atoms with Crippen molar-refractivity contribution >= 4 is 5.91 Å². The third-order valence-electron chi connectivity index (χ3n) is 2.79. The maximum absolute atomic E-state index is 11.6. The molecule has 0 radical (unpaired) electrons.